The molecule has 0 amide bonds. The fourth-order valence-electron chi connectivity index (χ4n) is 1.90. The first-order valence-corrected chi connectivity index (χ1v) is 6.24. The van der Waals surface area contributed by atoms with Crippen molar-refractivity contribution in [2.75, 3.05) is 6.61 Å². The monoisotopic (exact) mass is 292 g/mol. The van der Waals surface area contributed by atoms with E-state index in [9.17, 15) is 0 Å². The van der Waals surface area contributed by atoms with Gasteiger partial charge in [0.15, 0.2) is 0 Å². The zero-order valence-electron chi connectivity index (χ0n) is 9.52. The van der Waals surface area contributed by atoms with Gasteiger partial charge in [0, 0.05) is 29.2 Å². The van der Waals surface area contributed by atoms with Crippen molar-refractivity contribution >= 4 is 26.8 Å². The Balaban J connectivity index is 2.55. The second-order valence-electron chi connectivity index (χ2n) is 4.26. The fourth-order valence-corrected chi connectivity index (χ4v) is 2.25. The Bertz CT molecular complexity index is 583. The molecule has 0 aliphatic carbocycles. The molecule has 88 valence electrons. The van der Waals surface area contributed by atoms with Crippen LogP contribution in [-0.2, 0) is 6.54 Å². The highest BCUT2D eigenvalue weighted by molar-refractivity contribution is 9.10. The van der Waals surface area contributed by atoms with Crippen LogP contribution in [0.4, 0.5) is 0 Å². The van der Waals surface area contributed by atoms with Crippen molar-refractivity contribution in [3.63, 3.8) is 0 Å². The van der Waals surface area contributed by atoms with E-state index in [4.69, 9.17) is 10.4 Å². The predicted molar refractivity (Wildman–Crippen MR) is 70.6 cm³/mol. The van der Waals surface area contributed by atoms with Crippen LogP contribution in [0.3, 0.4) is 0 Å². The average molecular weight is 293 g/mol. The maximum Gasteiger partial charge on any atom is 0.101 e. The third-order valence-corrected chi connectivity index (χ3v) is 3.28. The van der Waals surface area contributed by atoms with Crippen molar-refractivity contribution in [2.24, 2.45) is 5.92 Å². The number of nitrogens with zero attached hydrogens (tertiary/aromatic N) is 2. The van der Waals surface area contributed by atoms with Crippen molar-refractivity contribution in [1.29, 1.82) is 5.26 Å². The Labute approximate surface area is 108 Å². The molecule has 0 bridgehead atoms. The first-order chi connectivity index (χ1) is 8.15. The largest absolute Gasteiger partial charge is 0.396 e. The summed E-state index contributed by atoms with van der Waals surface area (Å²) in [6.07, 6.45) is 1.85. The van der Waals surface area contributed by atoms with Gasteiger partial charge in [-0.05, 0) is 18.1 Å². The van der Waals surface area contributed by atoms with E-state index in [1.165, 1.54) is 0 Å². The molecule has 3 nitrogen and oxygen atoms in total. The van der Waals surface area contributed by atoms with Crippen LogP contribution in [0.1, 0.15) is 12.5 Å². The summed E-state index contributed by atoms with van der Waals surface area (Å²) in [5.74, 6) is 0.177. The van der Waals surface area contributed by atoms with Crippen molar-refractivity contribution in [2.45, 2.75) is 13.5 Å². The van der Waals surface area contributed by atoms with Gasteiger partial charge in [-0.25, -0.2) is 0 Å². The molecule has 0 fully saturated rings. The number of fused-ring (bicyclic) bond motifs is 1. The van der Waals surface area contributed by atoms with Gasteiger partial charge in [-0.3, -0.25) is 0 Å². The number of benzene rings is 1. The molecule has 1 N–H and O–H groups in total. The maximum absolute atomic E-state index is 9.10. The molecule has 0 radical (unpaired) electrons. The molecule has 1 atom stereocenters. The van der Waals surface area contributed by atoms with Gasteiger partial charge < -0.3 is 9.67 Å². The first-order valence-electron chi connectivity index (χ1n) is 5.45. The number of nitriles is 1. The molecule has 0 saturated carbocycles. The second-order valence-corrected chi connectivity index (χ2v) is 5.17. The Kier molecular flexibility index (Phi) is 3.51. The average Bonchev–Trinajstić information content (AvgIpc) is 2.66. The summed E-state index contributed by atoms with van der Waals surface area (Å²) in [5, 5.41) is 19.1. The molecule has 1 unspecified atom stereocenters. The highest BCUT2D eigenvalue weighted by Crippen LogP contribution is 2.25. The summed E-state index contributed by atoms with van der Waals surface area (Å²) < 4.78 is 3.02. The smallest absolute Gasteiger partial charge is 0.101 e. The molecule has 2 rings (SSSR count). The van der Waals surface area contributed by atoms with Gasteiger partial charge in [0.25, 0.3) is 0 Å². The van der Waals surface area contributed by atoms with Crippen molar-refractivity contribution in [3.05, 3.63) is 34.4 Å². The molecule has 4 heteroatoms. The summed E-state index contributed by atoms with van der Waals surface area (Å²) in [4.78, 5) is 0. The molecule has 2 aromatic rings. The van der Waals surface area contributed by atoms with Crippen LogP contribution in [0.25, 0.3) is 10.9 Å². The lowest BCUT2D eigenvalue weighted by Crippen LogP contribution is -2.10. The minimum absolute atomic E-state index is 0.148. The Morgan fingerprint density at radius 3 is 2.94 bits per heavy atom. The lowest BCUT2D eigenvalue weighted by molar-refractivity contribution is 0.224. The Morgan fingerprint density at radius 1 is 1.53 bits per heavy atom. The number of halogens is 1. The van der Waals surface area contributed by atoms with Gasteiger partial charge >= 0.3 is 0 Å². The van der Waals surface area contributed by atoms with Crippen LogP contribution in [-0.4, -0.2) is 16.3 Å². The molecule has 0 saturated heterocycles. The van der Waals surface area contributed by atoms with Crippen LogP contribution >= 0.6 is 15.9 Å². The van der Waals surface area contributed by atoms with Gasteiger partial charge in [-0.1, -0.05) is 28.9 Å². The van der Waals surface area contributed by atoms with Gasteiger partial charge in [0.2, 0.25) is 0 Å². The summed E-state index contributed by atoms with van der Waals surface area (Å²) in [6.45, 7) is 2.84. The lowest BCUT2D eigenvalue weighted by Gasteiger charge is -2.10. The molecule has 0 aliphatic heterocycles. The van der Waals surface area contributed by atoms with E-state index < -0.39 is 0 Å². The SMILES string of the molecule is CC(CO)Cn1cc(C#N)c2ccc(Br)cc21. The van der Waals surface area contributed by atoms with Crippen molar-refractivity contribution in [3.8, 4) is 6.07 Å². The summed E-state index contributed by atoms with van der Waals surface area (Å²) in [7, 11) is 0. The van der Waals surface area contributed by atoms with E-state index in [0.717, 1.165) is 15.4 Å². The molecule has 17 heavy (non-hydrogen) atoms. The lowest BCUT2D eigenvalue weighted by atomic mass is 10.2. The quantitative estimate of drug-likeness (QED) is 0.946. The molecule has 1 heterocycles. The third kappa shape index (κ3) is 2.36. The van der Waals surface area contributed by atoms with Crippen molar-refractivity contribution < 1.29 is 5.11 Å². The minimum atomic E-state index is 0.148. The van der Waals surface area contributed by atoms with Gasteiger partial charge in [-0.2, -0.15) is 5.26 Å². The zero-order chi connectivity index (χ0) is 12.4. The first kappa shape index (κ1) is 12.2. The molecule has 0 aliphatic rings. The van der Waals surface area contributed by atoms with E-state index in [0.29, 0.717) is 12.1 Å². The summed E-state index contributed by atoms with van der Waals surface area (Å²) in [5.41, 5.74) is 1.70. The topological polar surface area (TPSA) is 49.0 Å². The van der Waals surface area contributed by atoms with E-state index in [-0.39, 0.29) is 12.5 Å². The standard InChI is InChI=1S/C13H13BrN2O/c1-9(8-17)6-16-7-10(5-15)12-3-2-11(14)4-13(12)16/h2-4,7,9,17H,6,8H2,1H3. The van der Waals surface area contributed by atoms with Crippen LogP contribution in [0.5, 0.6) is 0 Å². The fraction of sp³-hybridized carbons (Fsp3) is 0.308. The number of hydrogen-bond donors (Lipinski definition) is 1. The van der Waals surface area contributed by atoms with Gasteiger partial charge in [0.05, 0.1) is 11.1 Å². The normalized spacial score (nSPS) is 12.6. The number of hydrogen-bond acceptors (Lipinski definition) is 2. The highest BCUT2D eigenvalue weighted by Gasteiger charge is 2.10. The van der Waals surface area contributed by atoms with Crippen LogP contribution in [0.2, 0.25) is 0 Å². The predicted octanol–water partition coefficient (Wildman–Crippen LogP) is 2.90. The summed E-state index contributed by atoms with van der Waals surface area (Å²) >= 11 is 3.44. The van der Waals surface area contributed by atoms with E-state index >= 15 is 0 Å². The molecular weight excluding hydrogens is 280 g/mol. The Hall–Kier alpha value is -1.31. The highest BCUT2D eigenvalue weighted by atomic mass is 79.9. The van der Waals surface area contributed by atoms with Crippen LogP contribution < -0.4 is 0 Å². The molecule has 1 aromatic carbocycles. The van der Waals surface area contributed by atoms with E-state index in [2.05, 4.69) is 22.0 Å². The number of aliphatic hydroxyl groups excluding tert-OH is 1. The summed E-state index contributed by atoms with van der Waals surface area (Å²) in [6, 6.07) is 8.08. The number of rotatable bonds is 3. The van der Waals surface area contributed by atoms with Crippen molar-refractivity contribution in [1.82, 2.24) is 4.57 Å². The third-order valence-electron chi connectivity index (χ3n) is 2.78. The zero-order valence-corrected chi connectivity index (χ0v) is 11.1. The molecule has 0 spiro atoms. The van der Waals surface area contributed by atoms with Crippen LogP contribution in [0.15, 0.2) is 28.9 Å². The number of aliphatic hydroxyl groups is 1. The van der Waals surface area contributed by atoms with E-state index in [1.807, 2.05) is 35.9 Å². The Morgan fingerprint density at radius 2 is 2.29 bits per heavy atom. The van der Waals surface area contributed by atoms with Gasteiger partial charge in [0.1, 0.15) is 6.07 Å². The maximum atomic E-state index is 9.10. The van der Waals surface area contributed by atoms with E-state index in [1.54, 1.807) is 0 Å². The van der Waals surface area contributed by atoms with Crippen LogP contribution in [0, 0.1) is 17.2 Å². The molecular formula is C13H13BrN2O. The second kappa shape index (κ2) is 4.91. The molecule has 1 aromatic heterocycles. The van der Waals surface area contributed by atoms with Gasteiger partial charge in [-0.15, -0.1) is 0 Å². The number of aromatic nitrogens is 1. The minimum Gasteiger partial charge on any atom is -0.396 e.